The van der Waals surface area contributed by atoms with Crippen LogP contribution in [-0.2, 0) is 6.61 Å². The summed E-state index contributed by atoms with van der Waals surface area (Å²) >= 11 is 0. The average molecular weight is 322 g/mol. The zero-order chi connectivity index (χ0) is 16.4. The average Bonchev–Trinajstić information content (AvgIpc) is 3.29. The minimum absolute atomic E-state index is 0.363. The Morgan fingerprint density at radius 1 is 1.17 bits per heavy atom. The van der Waals surface area contributed by atoms with E-state index in [0.29, 0.717) is 24.0 Å². The Bertz CT molecular complexity index is 946. The van der Waals surface area contributed by atoms with E-state index < -0.39 is 0 Å². The fourth-order valence-corrected chi connectivity index (χ4v) is 2.24. The Morgan fingerprint density at radius 2 is 2.08 bits per heavy atom. The van der Waals surface area contributed by atoms with E-state index in [1.807, 2.05) is 30.3 Å². The molecule has 0 saturated carbocycles. The van der Waals surface area contributed by atoms with Gasteiger partial charge in [0.05, 0.1) is 19.0 Å². The van der Waals surface area contributed by atoms with Crippen LogP contribution in [-0.4, -0.2) is 26.6 Å². The fraction of sp³-hybridized carbons (Fsp3) is 0.118. The Balaban J connectivity index is 1.51. The molecule has 3 aromatic heterocycles. The van der Waals surface area contributed by atoms with Crippen molar-refractivity contribution in [2.24, 2.45) is 0 Å². The molecule has 0 radical (unpaired) electrons. The van der Waals surface area contributed by atoms with Gasteiger partial charge < -0.3 is 13.9 Å². The summed E-state index contributed by atoms with van der Waals surface area (Å²) in [5, 5.41) is 0. The van der Waals surface area contributed by atoms with Gasteiger partial charge in [0.25, 0.3) is 0 Å². The van der Waals surface area contributed by atoms with Gasteiger partial charge in [-0.2, -0.15) is 4.98 Å². The highest BCUT2D eigenvalue weighted by Crippen LogP contribution is 2.23. The molecule has 7 nitrogen and oxygen atoms in total. The highest BCUT2D eigenvalue weighted by Gasteiger charge is 2.08. The number of oxazole rings is 1. The van der Waals surface area contributed by atoms with Crippen molar-refractivity contribution in [3.05, 3.63) is 60.9 Å². The van der Waals surface area contributed by atoms with Crippen LogP contribution in [0, 0.1) is 0 Å². The van der Waals surface area contributed by atoms with Crippen molar-refractivity contribution >= 4 is 11.1 Å². The number of benzene rings is 1. The monoisotopic (exact) mass is 322 g/mol. The zero-order valence-corrected chi connectivity index (χ0v) is 12.9. The quantitative estimate of drug-likeness (QED) is 0.562. The van der Waals surface area contributed by atoms with E-state index in [1.165, 1.54) is 0 Å². The van der Waals surface area contributed by atoms with E-state index in [0.717, 1.165) is 17.0 Å². The van der Waals surface area contributed by atoms with E-state index in [2.05, 4.69) is 15.0 Å². The van der Waals surface area contributed by atoms with Gasteiger partial charge in [0, 0.05) is 18.5 Å². The normalized spacial score (nSPS) is 10.9. The number of ether oxygens (including phenoxy) is 2. The van der Waals surface area contributed by atoms with E-state index in [4.69, 9.17) is 13.9 Å². The summed E-state index contributed by atoms with van der Waals surface area (Å²) in [6, 6.07) is 9.70. The maximum absolute atomic E-state index is 5.77. The third-order valence-electron chi connectivity index (χ3n) is 3.49. The van der Waals surface area contributed by atoms with Crippen LogP contribution in [0.3, 0.4) is 0 Å². The van der Waals surface area contributed by atoms with Gasteiger partial charge in [-0.05, 0) is 24.3 Å². The molecular formula is C17H14N4O3. The number of aromatic nitrogens is 4. The second-order valence-electron chi connectivity index (χ2n) is 5.07. The third-order valence-corrected chi connectivity index (χ3v) is 3.49. The number of hydrogen-bond donors (Lipinski definition) is 0. The molecule has 0 N–H and O–H groups in total. The standard InChI is InChI=1S/C17H14N4O3/c1-22-14-3-2-12(19-9-14)10-23-13-4-5-16-15(8-13)20-17(24-16)21-7-6-18-11-21/h2-9,11H,10H2,1H3. The maximum atomic E-state index is 5.77. The van der Waals surface area contributed by atoms with Gasteiger partial charge in [-0.15, -0.1) is 0 Å². The van der Waals surface area contributed by atoms with Crippen molar-refractivity contribution in [2.45, 2.75) is 6.61 Å². The minimum atomic E-state index is 0.363. The topological polar surface area (TPSA) is 75.2 Å². The first-order valence-corrected chi connectivity index (χ1v) is 7.32. The van der Waals surface area contributed by atoms with E-state index in [-0.39, 0.29) is 0 Å². The molecule has 1 aromatic carbocycles. The van der Waals surface area contributed by atoms with Gasteiger partial charge in [-0.25, -0.2) is 4.98 Å². The van der Waals surface area contributed by atoms with Gasteiger partial charge in [0.15, 0.2) is 5.58 Å². The molecule has 0 spiro atoms. The third kappa shape index (κ3) is 2.79. The molecule has 7 heteroatoms. The number of nitrogens with zero attached hydrogens (tertiary/aromatic N) is 4. The summed E-state index contributed by atoms with van der Waals surface area (Å²) < 4.78 is 18.3. The van der Waals surface area contributed by atoms with Crippen LogP contribution in [0.5, 0.6) is 11.5 Å². The molecule has 4 rings (SSSR count). The molecule has 0 fully saturated rings. The van der Waals surface area contributed by atoms with Crippen LogP contribution >= 0.6 is 0 Å². The zero-order valence-electron chi connectivity index (χ0n) is 12.9. The fourth-order valence-electron chi connectivity index (χ4n) is 2.24. The largest absolute Gasteiger partial charge is 0.495 e. The summed E-state index contributed by atoms with van der Waals surface area (Å²) in [6.07, 6.45) is 6.75. The smallest absolute Gasteiger partial charge is 0.308 e. The summed E-state index contributed by atoms with van der Waals surface area (Å²) in [5.74, 6) is 1.42. The number of fused-ring (bicyclic) bond motifs is 1. The summed E-state index contributed by atoms with van der Waals surface area (Å²) in [6.45, 7) is 0.363. The van der Waals surface area contributed by atoms with Crippen molar-refractivity contribution in [3.63, 3.8) is 0 Å². The van der Waals surface area contributed by atoms with Crippen molar-refractivity contribution < 1.29 is 13.9 Å². The summed E-state index contributed by atoms with van der Waals surface area (Å²) in [4.78, 5) is 12.7. The van der Waals surface area contributed by atoms with Crippen LogP contribution in [0.4, 0.5) is 0 Å². The van der Waals surface area contributed by atoms with Gasteiger partial charge in [0.2, 0.25) is 0 Å². The van der Waals surface area contributed by atoms with E-state index in [1.54, 1.807) is 36.6 Å². The summed E-state index contributed by atoms with van der Waals surface area (Å²) in [5.41, 5.74) is 2.22. The summed E-state index contributed by atoms with van der Waals surface area (Å²) in [7, 11) is 1.61. The molecule has 0 saturated heterocycles. The molecule has 3 heterocycles. The molecule has 24 heavy (non-hydrogen) atoms. The first-order valence-electron chi connectivity index (χ1n) is 7.32. The van der Waals surface area contributed by atoms with Crippen LogP contribution in [0.2, 0.25) is 0 Å². The Kier molecular flexibility index (Phi) is 3.59. The Labute approximate surface area is 137 Å². The number of pyridine rings is 1. The van der Waals surface area contributed by atoms with Crippen LogP contribution in [0.25, 0.3) is 17.1 Å². The van der Waals surface area contributed by atoms with E-state index >= 15 is 0 Å². The Hall–Kier alpha value is -3.35. The lowest BCUT2D eigenvalue weighted by Gasteiger charge is -2.06. The molecule has 0 bridgehead atoms. The highest BCUT2D eigenvalue weighted by molar-refractivity contribution is 5.75. The second-order valence-corrected chi connectivity index (χ2v) is 5.07. The number of hydrogen-bond acceptors (Lipinski definition) is 6. The first-order chi connectivity index (χ1) is 11.8. The first kappa shape index (κ1) is 14.3. The lowest BCUT2D eigenvalue weighted by molar-refractivity contribution is 0.301. The highest BCUT2D eigenvalue weighted by atomic mass is 16.5. The Morgan fingerprint density at radius 3 is 2.83 bits per heavy atom. The van der Waals surface area contributed by atoms with E-state index in [9.17, 15) is 0 Å². The number of methoxy groups -OCH3 is 1. The van der Waals surface area contributed by atoms with Gasteiger partial charge in [-0.1, -0.05) is 0 Å². The molecule has 0 unspecified atom stereocenters. The lowest BCUT2D eigenvalue weighted by Crippen LogP contribution is -1.98. The molecule has 0 amide bonds. The number of rotatable bonds is 5. The molecule has 4 aromatic rings. The second kappa shape index (κ2) is 6.04. The SMILES string of the molecule is COc1ccc(COc2ccc3oc(-n4ccnc4)nc3c2)nc1. The van der Waals surface area contributed by atoms with Crippen LogP contribution in [0.15, 0.2) is 59.7 Å². The predicted molar refractivity (Wildman–Crippen MR) is 86.3 cm³/mol. The molecule has 0 aliphatic heterocycles. The predicted octanol–water partition coefficient (Wildman–Crippen LogP) is 3.00. The number of imidazole rings is 1. The van der Waals surface area contributed by atoms with Crippen LogP contribution < -0.4 is 9.47 Å². The van der Waals surface area contributed by atoms with Crippen molar-refractivity contribution in [2.75, 3.05) is 7.11 Å². The minimum Gasteiger partial charge on any atom is -0.495 e. The lowest BCUT2D eigenvalue weighted by atomic mass is 10.3. The molecule has 120 valence electrons. The van der Waals surface area contributed by atoms with Gasteiger partial charge in [-0.3, -0.25) is 9.55 Å². The van der Waals surface area contributed by atoms with Crippen molar-refractivity contribution in [3.8, 4) is 17.5 Å². The maximum Gasteiger partial charge on any atom is 0.308 e. The van der Waals surface area contributed by atoms with Crippen molar-refractivity contribution in [1.29, 1.82) is 0 Å². The van der Waals surface area contributed by atoms with Crippen LogP contribution in [0.1, 0.15) is 5.69 Å². The van der Waals surface area contributed by atoms with Gasteiger partial charge >= 0.3 is 6.01 Å². The van der Waals surface area contributed by atoms with Gasteiger partial charge in [0.1, 0.15) is 29.9 Å². The molecule has 0 atom stereocenters. The molecule has 0 aliphatic carbocycles. The molecule has 0 aliphatic rings. The van der Waals surface area contributed by atoms with Crippen molar-refractivity contribution in [1.82, 2.24) is 19.5 Å². The molecular weight excluding hydrogens is 308 g/mol.